The van der Waals surface area contributed by atoms with E-state index in [0.717, 1.165) is 12.0 Å². The van der Waals surface area contributed by atoms with Crippen molar-refractivity contribution in [2.24, 2.45) is 5.92 Å². The molecule has 1 N–H and O–H groups in total. The summed E-state index contributed by atoms with van der Waals surface area (Å²) in [5, 5.41) is 7.00. The molecule has 6 nitrogen and oxygen atoms in total. The number of anilines is 1. The van der Waals surface area contributed by atoms with Crippen LogP contribution in [0.3, 0.4) is 0 Å². The lowest BCUT2D eigenvalue weighted by atomic mass is 9.96. The number of carbonyl (C=O) groups excluding carboxylic acids is 1. The predicted octanol–water partition coefficient (Wildman–Crippen LogP) is 5.88. The van der Waals surface area contributed by atoms with Crippen molar-refractivity contribution >= 4 is 11.8 Å². The quantitative estimate of drug-likeness (QED) is 0.385. The van der Waals surface area contributed by atoms with Crippen molar-refractivity contribution < 1.29 is 13.7 Å². The van der Waals surface area contributed by atoms with E-state index in [2.05, 4.69) is 46.4 Å². The second kappa shape index (κ2) is 9.73. The summed E-state index contributed by atoms with van der Waals surface area (Å²) in [5.41, 5.74) is 4.29. The van der Waals surface area contributed by atoms with Gasteiger partial charge in [-0.1, -0.05) is 43.3 Å². The maximum absolute atomic E-state index is 13.4. The van der Waals surface area contributed by atoms with Crippen molar-refractivity contribution in [3.63, 3.8) is 0 Å². The van der Waals surface area contributed by atoms with Crippen molar-refractivity contribution in [2.75, 3.05) is 5.32 Å². The predicted molar refractivity (Wildman–Crippen MR) is 125 cm³/mol. The van der Waals surface area contributed by atoms with Crippen LogP contribution in [0.1, 0.15) is 37.8 Å². The molecule has 0 bridgehead atoms. The molecule has 2 heterocycles. The Bertz CT molecular complexity index is 1220. The van der Waals surface area contributed by atoms with E-state index in [1.807, 2.05) is 19.1 Å². The van der Waals surface area contributed by atoms with Gasteiger partial charge in [0.15, 0.2) is 0 Å². The van der Waals surface area contributed by atoms with Gasteiger partial charge in [-0.3, -0.25) is 10.1 Å². The Morgan fingerprint density at radius 1 is 1.03 bits per heavy atom. The summed E-state index contributed by atoms with van der Waals surface area (Å²) in [5.74, 6) is -0.244. The lowest BCUT2D eigenvalue weighted by Gasteiger charge is -2.13. The second-order valence-electron chi connectivity index (χ2n) is 8.39. The van der Waals surface area contributed by atoms with Gasteiger partial charge in [0.2, 0.25) is 11.8 Å². The van der Waals surface area contributed by atoms with Crippen LogP contribution in [0, 0.1) is 11.7 Å². The fourth-order valence-electron chi connectivity index (χ4n) is 3.64. The highest BCUT2D eigenvalue weighted by molar-refractivity contribution is 5.99. The molecule has 4 aromatic rings. The highest BCUT2D eigenvalue weighted by atomic mass is 19.1. The summed E-state index contributed by atoms with van der Waals surface area (Å²) in [4.78, 5) is 21.3. The first-order chi connectivity index (χ1) is 15.9. The van der Waals surface area contributed by atoms with Crippen molar-refractivity contribution in [1.29, 1.82) is 0 Å². The first-order valence-corrected chi connectivity index (χ1v) is 10.8. The number of hydrogen-bond acceptors (Lipinski definition) is 5. The SMILES string of the molecule is CC(C)Cc1ccc(C(C)C(=O)Nc2onc(-c3ccc(F)cc3)c2-c2ccncn2)cc1. The zero-order chi connectivity index (χ0) is 23.4. The summed E-state index contributed by atoms with van der Waals surface area (Å²) in [6, 6.07) is 15.7. The van der Waals surface area contributed by atoms with Crippen LogP contribution in [-0.4, -0.2) is 21.0 Å². The Kier molecular flexibility index (Phi) is 6.58. The van der Waals surface area contributed by atoms with E-state index in [9.17, 15) is 9.18 Å². The van der Waals surface area contributed by atoms with E-state index < -0.39 is 5.92 Å². The van der Waals surface area contributed by atoms with E-state index in [1.165, 1.54) is 24.0 Å². The Balaban J connectivity index is 1.62. The second-order valence-corrected chi connectivity index (χ2v) is 8.39. The van der Waals surface area contributed by atoms with Crippen molar-refractivity contribution in [2.45, 2.75) is 33.1 Å². The normalized spacial score (nSPS) is 12.0. The number of halogens is 1. The van der Waals surface area contributed by atoms with Crippen LogP contribution in [0.15, 0.2) is 71.6 Å². The molecule has 0 spiro atoms. The molecule has 2 aromatic heterocycles. The lowest BCUT2D eigenvalue weighted by molar-refractivity contribution is -0.117. The van der Waals surface area contributed by atoms with Gasteiger partial charge in [-0.15, -0.1) is 0 Å². The number of hydrogen-bond donors (Lipinski definition) is 1. The van der Waals surface area contributed by atoms with Gasteiger partial charge in [0.1, 0.15) is 17.8 Å². The zero-order valence-corrected chi connectivity index (χ0v) is 18.7. The van der Waals surface area contributed by atoms with Gasteiger partial charge < -0.3 is 4.52 Å². The van der Waals surface area contributed by atoms with Crippen LogP contribution in [0.4, 0.5) is 10.3 Å². The van der Waals surface area contributed by atoms with Crippen molar-refractivity contribution in [3.8, 4) is 22.5 Å². The third kappa shape index (κ3) is 5.14. The van der Waals surface area contributed by atoms with Gasteiger partial charge >= 0.3 is 0 Å². The van der Waals surface area contributed by atoms with Gasteiger partial charge in [0, 0.05) is 11.8 Å². The Morgan fingerprint density at radius 3 is 2.39 bits per heavy atom. The molecule has 1 amide bonds. The minimum atomic E-state index is -0.407. The summed E-state index contributed by atoms with van der Waals surface area (Å²) in [6.45, 7) is 6.20. The molecule has 0 fully saturated rings. The number of rotatable bonds is 7. The molecule has 7 heteroatoms. The fraction of sp³-hybridized carbons (Fsp3) is 0.231. The van der Waals surface area contributed by atoms with Gasteiger partial charge in [0.05, 0.1) is 17.2 Å². The van der Waals surface area contributed by atoms with E-state index in [-0.39, 0.29) is 17.6 Å². The molecular weight excluding hydrogens is 419 g/mol. The van der Waals surface area contributed by atoms with Gasteiger partial charge in [0.25, 0.3) is 0 Å². The van der Waals surface area contributed by atoms with Crippen LogP contribution in [0.2, 0.25) is 0 Å². The smallest absolute Gasteiger partial charge is 0.241 e. The Labute approximate surface area is 191 Å². The molecule has 0 aliphatic heterocycles. The molecule has 168 valence electrons. The number of nitrogens with zero attached hydrogens (tertiary/aromatic N) is 3. The van der Waals surface area contributed by atoms with E-state index in [4.69, 9.17) is 4.52 Å². The van der Waals surface area contributed by atoms with Crippen LogP contribution in [0.5, 0.6) is 0 Å². The third-order valence-corrected chi connectivity index (χ3v) is 5.40. The molecule has 1 atom stereocenters. The number of aromatic nitrogens is 3. The summed E-state index contributed by atoms with van der Waals surface area (Å²) in [7, 11) is 0. The molecule has 33 heavy (non-hydrogen) atoms. The molecule has 0 saturated carbocycles. The number of amides is 1. The van der Waals surface area contributed by atoms with Gasteiger partial charge in [-0.25, -0.2) is 14.4 Å². The van der Waals surface area contributed by atoms with Gasteiger partial charge in [-0.2, -0.15) is 0 Å². The topological polar surface area (TPSA) is 80.9 Å². The third-order valence-electron chi connectivity index (χ3n) is 5.40. The summed E-state index contributed by atoms with van der Waals surface area (Å²) >= 11 is 0. The maximum atomic E-state index is 13.4. The Morgan fingerprint density at radius 2 is 1.76 bits per heavy atom. The molecule has 4 rings (SSSR count). The first-order valence-electron chi connectivity index (χ1n) is 10.8. The van der Waals surface area contributed by atoms with E-state index in [0.29, 0.717) is 28.4 Å². The highest BCUT2D eigenvalue weighted by Crippen LogP contribution is 2.37. The van der Waals surface area contributed by atoms with Crippen LogP contribution in [0.25, 0.3) is 22.5 Å². The van der Waals surface area contributed by atoms with Crippen molar-refractivity contribution in [1.82, 2.24) is 15.1 Å². The number of carbonyl (C=O) groups is 1. The first kappa shape index (κ1) is 22.3. The molecule has 0 aliphatic rings. The van der Waals surface area contributed by atoms with Gasteiger partial charge in [-0.05, 0) is 60.7 Å². The lowest BCUT2D eigenvalue weighted by Crippen LogP contribution is -2.19. The Hall–Kier alpha value is -3.87. The molecular formula is C26H25FN4O2. The van der Waals surface area contributed by atoms with Crippen molar-refractivity contribution in [3.05, 3.63) is 84.1 Å². The summed E-state index contributed by atoms with van der Waals surface area (Å²) < 4.78 is 18.9. The molecule has 0 aliphatic carbocycles. The summed E-state index contributed by atoms with van der Waals surface area (Å²) in [6.07, 6.45) is 3.99. The minimum Gasteiger partial charge on any atom is -0.337 e. The molecule has 0 saturated heterocycles. The molecule has 1 unspecified atom stereocenters. The zero-order valence-electron chi connectivity index (χ0n) is 18.7. The monoisotopic (exact) mass is 444 g/mol. The van der Waals surface area contributed by atoms with E-state index >= 15 is 0 Å². The van der Waals surface area contributed by atoms with E-state index in [1.54, 1.807) is 24.4 Å². The maximum Gasteiger partial charge on any atom is 0.241 e. The average molecular weight is 445 g/mol. The van der Waals surface area contributed by atoms with Crippen LogP contribution < -0.4 is 5.32 Å². The van der Waals surface area contributed by atoms with Crippen LogP contribution >= 0.6 is 0 Å². The minimum absolute atomic E-state index is 0.182. The molecule has 0 radical (unpaired) electrons. The fourth-order valence-corrected chi connectivity index (χ4v) is 3.64. The molecule has 2 aromatic carbocycles. The largest absolute Gasteiger partial charge is 0.337 e. The average Bonchev–Trinajstić information content (AvgIpc) is 3.23. The standard InChI is InChI=1S/C26H25FN4O2/c1-16(2)14-18-4-6-19(7-5-18)17(3)25(32)30-26-23(22-12-13-28-15-29-22)24(31-33-26)20-8-10-21(27)11-9-20/h4-13,15-17H,14H2,1-3H3,(H,30,32). The van der Waals surface area contributed by atoms with Crippen LogP contribution in [-0.2, 0) is 11.2 Å². The number of nitrogens with one attached hydrogen (secondary N) is 1. The highest BCUT2D eigenvalue weighted by Gasteiger charge is 2.24. The number of benzene rings is 2.